The maximum Gasteiger partial charge on any atom is 0.170 e. The fourth-order valence-corrected chi connectivity index (χ4v) is 11.3. The summed E-state index contributed by atoms with van der Waals surface area (Å²) in [6.45, 7) is 16.4. The molecule has 0 heterocycles. The third-order valence-electron chi connectivity index (χ3n) is 15.4. The van der Waals surface area contributed by atoms with E-state index in [9.17, 15) is 0 Å². The van der Waals surface area contributed by atoms with Crippen LogP contribution in [-0.4, -0.2) is 61.0 Å². The highest BCUT2D eigenvalue weighted by Crippen LogP contribution is 2.64. The quantitative estimate of drug-likeness (QED) is 0.0248. The van der Waals surface area contributed by atoms with E-state index in [0.29, 0.717) is 39.6 Å². The van der Waals surface area contributed by atoms with Crippen LogP contribution in [0.1, 0.15) is 119 Å². The molecule has 0 spiro atoms. The molecule has 0 atom stereocenters. The zero-order valence-corrected chi connectivity index (χ0v) is 47.6. The van der Waals surface area contributed by atoms with Crippen LogP contribution in [0.3, 0.4) is 0 Å². The first kappa shape index (κ1) is 54.1. The Kier molecular flexibility index (Phi) is 17.1. The summed E-state index contributed by atoms with van der Waals surface area (Å²) in [6.07, 6.45) is 11.1. The monoisotopic (exact) mass is 1050 g/mol. The zero-order chi connectivity index (χ0) is 54.3. The van der Waals surface area contributed by atoms with Gasteiger partial charge in [0.2, 0.25) is 0 Å². The predicted octanol–water partition coefficient (Wildman–Crippen LogP) is 19.0. The molecule has 78 heavy (non-hydrogen) atoms. The second kappa shape index (κ2) is 24.6. The maximum atomic E-state index is 7.39. The Morgan fingerprint density at radius 3 is 0.731 bits per heavy atom. The summed E-state index contributed by atoms with van der Waals surface area (Å²) in [7, 11) is 5.15. The van der Waals surface area contributed by atoms with Gasteiger partial charge in [0.05, 0.1) is 61.0 Å². The molecule has 0 N–H and O–H groups in total. The fraction of sp³-hybridized carbons (Fsp3) is 0.391. The average Bonchev–Trinajstić information content (AvgIpc) is 1.58. The Balaban J connectivity index is 1.57. The van der Waals surface area contributed by atoms with Crippen LogP contribution in [0.5, 0.6) is 51.7 Å². The summed E-state index contributed by atoms with van der Waals surface area (Å²) in [4.78, 5) is 0. The molecule has 0 fully saturated rings. The summed E-state index contributed by atoms with van der Waals surface area (Å²) in [5.41, 5.74) is 6.06. The van der Waals surface area contributed by atoms with E-state index in [1.165, 1.54) is 0 Å². The van der Waals surface area contributed by atoms with Gasteiger partial charge in [0.15, 0.2) is 34.5 Å². The van der Waals surface area contributed by atoms with E-state index in [0.717, 1.165) is 227 Å². The molecule has 0 bridgehead atoms. The number of ether oxygens (including phenoxy) is 9. The summed E-state index contributed by atoms with van der Waals surface area (Å²) in [6, 6.07) is 32.3. The number of benzene rings is 10. The second-order valence-corrected chi connectivity index (χ2v) is 20.7. The smallest absolute Gasteiger partial charge is 0.170 e. The van der Waals surface area contributed by atoms with Crippen molar-refractivity contribution in [1.29, 1.82) is 0 Å². The Morgan fingerprint density at radius 2 is 0.474 bits per heavy atom. The number of hydrogen-bond donors (Lipinski definition) is 0. The lowest BCUT2D eigenvalue weighted by Crippen LogP contribution is -2.09. The van der Waals surface area contributed by atoms with Crippen molar-refractivity contribution in [1.82, 2.24) is 0 Å². The molecule has 0 aliphatic rings. The summed E-state index contributed by atoms with van der Waals surface area (Å²) in [5, 5.41) is 12.4. The van der Waals surface area contributed by atoms with E-state index in [2.05, 4.69) is 96.1 Å². The van der Waals surface area contributed by atoms with Crippen molar-refractivity contribution in [2.24, 2.45) is 0 Å². The number of rotatable bonds is 30. The van der Waals surface area contributed by atoms with Crippen molar-refractivity contribution in [3.8, 4) is 85.1 Å². The minimum Gasteiger partial charge on any atom is -0.497 e. The summed E-state index contributed by atoms with van der Waals surface area (Å²) >= 11 is 0. The van der Waals surface area contributed by atoms with E-state index in [-0.39, 0.29) is 0 Å². The van der Waals surface area contributed by atoms with Crippen molar-refractivity contribution in [3.05, 3.63) is 91.0 Å². The molecule has 0 unspecified atom stereocenters. The fourth-order valence-electron chi connectivity index (χ4n) is 11.3. The van der Waals surface area contributed by atoms with Gasteiger partial charge in [0, 0.05) is 64.6 Å². The third-order valence-corrected chi connectivity index (χ3v) is 15.4. The Hall–Kier alpha value is -7.26. The standard InChI is InChI=1S/C69H78O9/c1-10-16-34-73-64-52-40-49(43-22-28-46(70-7)29-23-43)58-61-55(52)56-53(65(64)74-35-17-11-2)41-50(44-24-30-47(71-8)31-25-44)59-62(56)63-57(61)54(66(75-36-18-12-3)67(58)76-37-19-13-4)42-51(45-26-32-48(72-9)33-27-45)60(63)69(78-39-21-15-6)68(59)77-38-20-14-5/h22-33,40-42H,10-21,34-39H2,1-9H3. The highest BCUT2D eigenvalue weighted by Gasteiger charge is 2.36. The normalized spacial score (nSPS) is 11.8. The molecule has 0 saturated heterocycles. The topological polar surface area (TPSA) is 83.1 Å². The molecule has 10 aromatic carbocycles. The van der Waals surface area contributed by atoms with Gasteiger partial charge >= 0.3 is 0 Å². The summed E-state index contributed by atoms with van der Waals surface area (Å²) in [5.74, 6) is 6.79. The number of methoxy groups -OCH3 is 3. The van der Waals surface area contributed by atoms with Gasteiger partial charge < -0.3 is 42.6 Å². The molecule has 408 valence electrons. The van der Waals surface area contributed by atoms with Crippen molar-refractivity contribution in [2.75, 3.05) is 61.0 Å². The van der Waals surface area contributed by atoms with Crippen molar-refractivity contribution in [2.45, 2.75) is 119 Å². The maximum absolute atomic E-state index is 7.39. The van der Waals surface area contributed by atoms with Gasteiger partial charge in [-0.05, 0) is 127 Å². The highest BCUT2D eigenvalue weighted by molar-refractivity contribution is 6.50. The molecule has 0 amide bonds. The molecule has 0 saturated carbocycles. The van der Waals surface area contributed by atoms with E-state index in [1.54, 1.807) is 21.3 Å². The van der Waals surface area contributed by atoms with Gasteiger partial charge in [-0.3, -0.25) is 0 Å². The average molecular weight is 1050 g/mol. The minimum absolute atomic E-state index is 0.508. The largest absolute Gasteiger partial charge is 0.497 e. The van der Waals surface area contributed by atoms with E-state index >= 15 is 0 Å². The number of hydrogen-bond acceptors (Lipinski definition) is 9. The van der Waals surface area contributed by atoms with Crippen LogP contribution >= 0.6 is 0 Å². The van der Waals surface area contributed by atoms with E-state index in [4.69, 9.17) is 42.6 Å². The first-order chi connectivity index (χ1) is 38.4. The van der Waals surface area contributed by atoms with Crippen LogP contribution in [0.15, 0.2) is 91.0 Å². The van der Waals surface area contributed by atoms with Gasteiger partial charge in [-0.15, -0.1) is 0 Å². The molecule has 10 aromatic rings. The molecular formula is C69H78O9. The molecule has 9 heteroatoms. The van der Waals surface area contributed by atoms with Gasteiger partial charge in [-0.25, -0.2) is 0 Å². The van der Waals surface area contributed by atoms with Gasteiger partial charge in [0.25, 0.3) is 0 Å². The van der Waals surface area contributed by atoms with E-state index < -0.39 is 0 Å². The Bertz CT molecular complexity index is 3580. The molecule has 0 aliphatic heterocycles. The molecule has 9 nitrogen and oxygen atoms in total. The van der Waals surface area contributed by atoms with Crippen LogP contribution < -0.4 is 42.6 Å². The zero-order valence-electron chi connectivity index (χ0n) is 47.6. The molecular weight excluding hydrogens is 973 g/mol. The van der Waals surface area contributed by atoms with E-state index in [1.807, 2.05) is 36.4 Å². The molecule has 10 rings (SSSR count). The first-order valence-corrected chi connectivity index (χ1v) is 29.0. The third kappa shape index (κ3) is 9.87. The molecule has 0 radical (unpaired) electrons. The lowest BCUT2D eigenvalue weighted by atomic mass is 9.76. The van der Waals surface area contributed by atoms with Crippen molar-refractivity contribution < 1.29 is 42.6 Å². The van der Waals surface area contributed by atoms with Crippen LogP contribution in [0.2, 0.25) is 0 Å². The van der Waals surface area contributed by atoms with Gasteiger partial charge in [0.1, 0.15) is 17.2 Å². The second-order valence-electron chi connectivity index (χ2n) is 20.7. The van der Waals surface area contributed by atoms with Gasteiger partial charge in [-0.1, -0.05) is 116 Å². The Labute approximate surface area is 461 Å². The SMILES string of the molecule is CCCCOc1c(OCCCC)c2cc(-c3ccc(OC)cc3)c3c(OCCCC)c(OCCCC)c4c(-c5ccc(OC)cc5)cc5c(OCCCC)c(OCCCC)c6c(-c7ccc(OC)cc7)cc1c1c2c3c4c5c61. The number of unbranched alkanes of at least 4 members (excludes halogenated alkanes) is 6. The first-order valence-electron chi connectivity index (χ1n) is 29.0. The van der Waals surface area contributed by atoms with Crippen LogP contribution in [0, 0.1) is 0 Å². The highest BCUT2D eigenvalue weighted by atomic mass is 16.5. The van der Waals surface area contributed by atoms with Crippen molar-refractivity contribution in [3.63, 3.8) is 0 Å². The lowest BCUT2D eigenvalue weighted by molar-refractivity contribution is 0.267. The predicted molar refractivity (Wildman–Crippen MR) is 323 cm³/mol. The van der Waals surface area contributed by atoms with Crippen molar-refractivity contribution >= 4 is 64.6 Å². The Morgan fingerprint density at radius 1 is 0.256 bits per heavy atom. The van der Waals surface area contributed by atoms with Crippen LogP contribution in [0.4, 0.5) is 0 Å². The molecule has 0 aliphatic carbocycles. The van der Waals surface area contributed by atoms with Gasteiger partial charge in [-0.2, -0.15) is 0 Å². The molecule has 0 aromatic heterocycles. The van der Waals surface area contributed by atoms with Crippen LogP contribution in [0.25, 0.3) is 98.0 Å². The minimum atomic E-state index is 0.508. The lowest BCUT2D eigenvalue weighted by Gasteiger charge is -2.31. The summed E-state index contributed by atoms with van der Waals surface area (Å²) < 4.78 is 61.3. The van der Waals surface area contributed by atoms with Crippen LogP contribution in [-0.2, 0) is 0 Å².